The topological polar surface area (TPSA) is 147 Å². The molecule has 4 heterocycles. The molecule has 0 saturated carbocycles. The Hall–Kier alpha value is -4.37. The van der Waals surface area contributed by atoms with E-state index >= 15 is 0 Å². The zero-order chi connectivity index (χ0) is 33.0. The lowest BCUT2D eigenvalue weighted by molar-refractivity contribution is -0.131. The number of rotatable bonds is 13. The maximum atomic E-state index is 13.4. The Labute approximate surface area is 269 Å². The van der Waals surface area contributed by atoms with E-state index in [4.69, 9.17) is 26.8 Å². The maximum absolute atomic E-state index is 13.4. The van der Waals surface area contributed by atoms with Gasteiger partial charge in [0.1, 0.15) is 30.4 Å². The lowest BCUT2D eigenvalue weighted by atomic mass is 10.0. The van der Waals surface area contributed by atoms with E-state index in [9.17, 15) is 23.2 Å². The van der Waals surface area contributed by atoms with E-state index < -0.39 is 12.5 Å². The highest BCUT2D eigenvalue weighted by atomic mass is 35.5. The van der Waals surface area contributed by atoms with Gasteiger partial charge < -0.3 is 40.5 Å². The molecule has 3 fully saturated rings. The van der Waals surface area contributed by atoms with Crippen molar-refractivity contribution in [3.8, 4) is 17.0 Å². The third kappa shape index (κ3) is 7.53. The molecule has 248 valence electrons. The highest BCUT2D eigenvalue weighted by Crippen LogP contribution is 2.37. The van der Waals surface area contributed by atoms with Crippen LogP contribution in [-0.2, 0) is 20.9 Å². The number of likely N-dealkylation sites (tertiary alicyclic amines) is 2. The van der Waals surface area contributed by atoms with Crippen LogP contribution in [0.1, 0.15) is 6.42 Å². The number of nitrogens with zero attached hydrogens (tertiary/aromatic N) is 5. The lowest BCUT2D eigenvalue weighted by Gasteiger charge is -2.22. The highest BCUT2D eigenvalue weighted by molar-refractivity contribution is 6.31. The van der Waals surface area contributed by atoms with E-state index in [2.05, 4.69) is 27.2 Å². The van der Waals surface area contributed by atoms with Crippen LogP contribution in [-0.4, -0.2) is 108 Å². The molecule has 13 nitrogen and oxygen atoms in total. The first-order chi connectivity index (χ1) is 22.1. The Morgan fingerprint density at radius 3 is 2.61 bits per heavy atom. The number of benzene rings is 1. The number of nitrogens with two attached hydrogens (primary N) is 1. The van der Waals surface area contributed by atoms with Gasteiger partial charge in [0, 0.05) is 56.6 Å². The number of hydrogen-bond donors (Lipinski definition) is 3. The fraction of sp³-hybridized carbons (Fsp3) is 0.467. The normalized spacial score (nSPS) is 20.1. The highest BCUT2D eigenvalue weighted by Gasteiger charge is 2.41. The second-order valence-electron chi connectivity index (χ2n) is 11.4. The van der Waals surface area contributed by atoms with Gasteiger partial charge in [0.05, 0.1) is 17.8 Å². The van der Waals surface area contributed by atoms with Crippen molar-refractivity contribution >= 4 is 35.2 Å². The van der Waals surface area contributed by atoms with E-state index in [1.165, 1.54) is 35.2 Å². The first-order valence-electron chi connectivity index (χ1n) is 14.9. The molecule has 0 radical (unpaired) electrons. The SMILES string of the molecule is C=C/C(C(=O)Nc1cn(CC(=O)N2C[C@H]3CN(CCCN4CCOC4=O)C[C@H]3C2)nc1-c1cc(Cl)ccc1OC(F)F)=C(\N)NC. The Bertz CT molecular complexity index is 1500. The van der Waals surface area contributed by atoms with Crippen LogP contribution in [0.2, 0.25) is 5.02 Å². The maximum Gasteiger partial charge on any atom is 0.409 e. The minimum Gasteiger partial charge on any atom is -0.448 e. The molecule has 1 aromatic heterocycles. The third-order valence-corrected chi connectivity index (χ3v) is 8.63. The Kier molecular flexibility index (Phi) is 10.3. The van der Waals surface area contributed by atoms with Crippen molar-refractivity contribution in [2.24, 2.45) is 17.6 Å². The average molecular weight is 663 g/mol. The fourth-order valence-corrected chi connectivity index (χ4v) is 6.33. The van der Waals surface area contributed by atoms with Crippen molar-refractivity contribution in [1.82, 2.24) is 29.8 Å². The van der Waals surface area contributed by atoms with Crippen LogP contribution in [0.15, 0.2) is 48.4 Å². The van der Waals surface area contributed by atoms with Crippen molar-refractivity contribution in [1.29, 1.82) is 0 Å². The lowest BCUT2D eigenvalue weighted by Crippen LogP contribution is -2.36. The standard InChI is InChI=1S/C30H37ClF2N8O5/c1-3-21(27(34)35-2)28(43)36-23-16-41(37-26(23)22-11-20(31)5-6-24(22)46-29(32)33)17-25(42)40-14-18-12-38(13-19(18)15-40)7-4-8-39-9-10-45-30(39)44/h3,5-6,11,16,18-19,29,35H,1,4,7-10,12-15,17,34H2,2H3,(H,36,43)/b27-21-/t18-,19+. The number of ether oxygens (including phenoxy) is 2. The number of alkyl halides is 2. The number of anilines is 1. The molecule has 0 bridgehead atoms. The van der Waals surface area contributed by atoms with Gasteiger partial charge in [-0.05, 0) is 43.0 Å². The Balaban J connectivity index is 1.28. The molecule has 16 heteroatoms. The van der Waals surface area contributed by atoms with Gasteiger partial charge in [0.2, 0.25) is 5.91 Å². The predicted octanol–water partition coefficient (Wildman–Crippen LogP) is 2.55. The van der Waals surface area contributed by atoms with E-state index in [1.54, 1.807) is 11.9 Å². The number of carbonyl (C=O) groups is 3. The monoisotopic (exact) mass is 662 g/mol. The van der Waals surface area contributed by atoms with Gasteiger partial charge in [-0.1, -0.05) is 24.3 Å². The van der Waals surface area contributed by atoms with Gasteiger partial charge in [0.15, 0.2) is 0 Å². The number of fused-ring (bicyclic) bond motifs is 1. The molecule has 5 rings (SSSR count). The largest absolute Gasteiger partial charge is 0.448 e. The zero-order valence-electron chi connectivity index (χ0n) is 25.4. The number of carbonyl (C=O) groups excluding carboxylic acids is 3. The van der Waals surface area contributed by atoms with Gasteiger partial charge in [0.25, 0.3) is 5.91 Å². The van der Waals surface area contributed by atoms with E-state index in [-0.39, 0.29) is 57.7 Å². The summed E-state index contributed by atoms with van der Waals surface area (Å²) >= 11 is 6.20. The van der Waals surface area contributed by atoms with Crippen LogP contribution in [0, 0.1) is 11.8 Å². The average Bonchev–Trinajstić information content (AvgIpc) is 3.78. The zero-order valence-corrected chi connectivity index (χ0v) is 26.1. The third-order valence-electron chi connectivity index (χ3n) is 8.39. The van der Waals surface area contributed by atoms with Crippen LogP contribution < -0.4 is 21.1 Å². The number of amides is 3. The summed E-state index contributed by atoms with van der Waals surface area (Å²) in [5, 5.41) is 10.1. The quantitative estimate of drug-likeness (QED) is 0.218. The summed E-state index contributed by atoms with van der Waals surface area (Å²) in [6.07, 6.45) is 3.33. The molecular formula is C30H37ClF2N8O5. The van der Waals surface area contributed by atoms with E-state index in [0.717, 1.165) is 26.1 Å². The van der Waals surface area contributed by atoms with Crippen molar-refractivity contribution in [2.45, 2.75) is 19.6 Å². The van der Waals surface area contributed by atoms with Crippen molar-refractivity contribution in [3.63, 3.8) is 0 Å². The molecule has 1 aromatic carbocycles. The molecule has 3 aliphatic rings. The molecule has 3 amide bonds. The predicted molar refractivity (Wildman–Crippen MR) is 166 cm³/mol. The number of nitrogens with one attached hydrogen (secondary N) is 2. The number of hydrogen-bond acceptors (Lipinski definition) is 9. The number of halogens is 3. The first-order valence-corrected chi connectivity index (χ1v) is 15.3. The molecule has 4 N–H and O–H groups in total. The van der Waals surface area contributed by atoms with Crippen LogP contribution in [0.5, 0.6) is 5.75 Å². The summed E-state index contributed by atoms with van der Waals surface area (Å²) in [5.74, 6) is -0.267. The summed E-state index contributed by atoms with van der Waals surface area (Å²) in [6.45, 7) is 5.94. The molecular weight excluding hydrogens is 626 g/mol. The number of aromatic nitrogens is 2. The fourth-order valence-electron chi connectivity index (χ4n) is 6.16. The second-order valence-corrected chi connectivity index (χ2v) is 11.8. The Morgan fingerprint density at radius 2 is 1.98 bits per heavy atom. The minimum absolute atomic E-state index is 0.0450. The molecule has 2 atom stereocenters. The Morgan fingerprint density at radius 1 is 1.24 bits per heavy atom. The van der Waals surface area contributed by atoms with Crippen LogP contribution in [0.3, 0.4) is 0 Å². The van der Waals surface area contributed by atoms with Gasteiger partial charge >= 0.3 is 12.7 Å². The molecule has 0 spiro atoms. The van der Waals surface area contributed by atoms with Gasteiger partial charge in [-0.25, -0.2) is 4.79 Å². The summed E-state index contributed by atoms with van der Waals surface area (Å²) < 4.78 is 37.6. The van der Waals surface area contributed by atoms with Crippen molar-refractivity contribution in [2.75, 3.05) is 64.8 Å². The molecule has 2 aromatic rings. The molecule has 3 aliphatic heterocycles. The van der Waals surface area contributed by atoms with Gasteiger partial charge in [-0.3, -0.25) is 14.3 Å². The molecule has 0 unspecified atom stereocenters. The van der Waals surface area contributed by atoms with Crippen LogP contribution >= 0.6 is 11.6 Å². The first kappa shape index (κ1) is 33.0. The summed E-state index contributed by atoms with van der Waals surface area (Å²) in [5.41, 5.74) is 6.23. The molecule has 3 saturated heterocycles. The summed E-state index contributed by atoms with van der Waals surface area (Å²) in [7, 11) is 1.54. The summed E-state index contributed by atoms with van der Waals surface area (Å²) in [4.78, 5) is 44.1. The smallest absolute Gasteiger partial charge is 0.409 e. The minimum atomic E-state index is -3.12. The summed E-state index contributed by atoms with van der Waals surface area (Å²) in [6, 6.07) is 4.06. The second kappa shape index (κ2) is 14.4. The van der Waals surface area contributed by atoms with Gasteiger partial charge in [-0.15, -0.1) is 0 Å². The van der Waals surface area contributed by atoms with Crippen LogP contribution in [0.4, 0.5) is 19.3 Å². The van der Waals surface area contributed by atoms with E-state index in [1.807, 2.05) is 4.90 Å². The van der Waals surface area contributed by atoms with E-state index in [0.29, 0.717) is 44.6 Å². The molecule has 0 aliphatic carbocycles. The molecule has 46 heavy (non-hydrogen) atoms. The van der Waals surface area contributed by atoms with Crippen molar-refractivity contribution < 1.29 is 32.6 Å². The van der Waals surface area contributed by atoms with Crippen molar-refractivity contribution in [3.05, 3.63) is 53.5 Å². The number of cyclic esters (lactones) is 1. The van der Waals surface area contributed by atoms with Gasteiger partial charge in [-0.2, -0.15) is 13.9 Å². The van der Waals surface area contributed by atoms with Crippen LogP contribution in [0.25, 0.3) is 11.3 Å².